The smallest absolute Gasteiger partial charge is 0.146 e. The molecule has 0 aliphatic heterocycles. The molecule has 0 saturated carbocycles. The molecule has 0 aliphatic rings. The number of nitrogens with one attached hydrogen (secondary N) is 1. The van der Waals surface area contributed by atoms with Crippen molar-refractivity contribution in [3.63, 3.8) is 0 Å². The minimum Gasteiger partial charge on any atom is -0.497 e. The largest absolute Gasteiger partial charge is 0.497 e. The number of aryl methyl sites for hydroxylation is 1. The predicted octanol–water partition coefficient (Wildman–Crippen LogP) is 2.06. The Bertz CT molecular complexity index is 527. The quantitative estimate of drug-likeness (QED) is 0.882. The summed E-state index contributed by atoms with van der Waals surface area (Å²) in [4.78, 5) is 4.11. The molecular weight excluding hydrogens is 235 g/mol. The Labute approximate surface area is 105 Å². The first-order valence-electron chi connectivity index (χ1n) is 5.68. The Kier molecular flexibility index (Phi) is 3.76. The molecule has 1 N–H and O–H groups in total. The van der Waals surface area contributed by atoms with Crippen LogP contribution in [0.4, 0.5) is 10.1 Å². The number of rotatable bonds is 5. The molecule has 0 amide bonds. The summed E-state index contributed by atoms with van der Waals surface area (Å²) in [7, 11) is 1.55. The lowest BCUT2D eigenvalue weighted by molar-refractivity contribution is 0.414. The number of anilines is 1. The van der Waals surface area contributed by atoms with Crippen molar-refractivity contribution in [3.8, 4) is 5.75 Å². The molecule has 0 fully saturated rings. The number of ether oxygens (including phenoxy) is 1. The lowest BCUT2D eigenvalue weighted by Crippen LogP contribution is -2.09. The van der Waals surface area contributed by atoms with E-state index in [0.29, 0.717) is 18.0 Å². The van der Waals surface area contributed by atoms with Gasteiger partial charge in [-0.05, 0) is 19.1 Å². The average molecular weight is 250 g/mol. The number of benzene rings is 1. The Morgan fingerprint density at radius 2 is 2.28 bits per heavy atom. The summed E-state index contributed by atoms with van der Waals surface area (Å²) in [6.45, 7) is 3.12. The second-order valence-corrected chi connectivity index (χ2v) is 3.69. The van der Waals surface area contributed by atoms with Gasteiger partial charge in [0.2, 0.25) is 0 Å². The van der Waals surface area contributed by atoms with E-state index in [1.165, 1.54) is 12.4 Å². The zero-order valence-corrected chi connectivity index (χ0v) is 10.4. The molecule has 1 heterocycles. The first-order valence-corrected chi connectivity index (χ1v) is 5.68. The number of aromatic nitrogens is 3. The van der Waals surface area contributed by atoms with E-state index in [1.807, 2.05) is 6.92 Å². The summed E-state index contributed by atoms with van der Waals surface area (Å²) in [5, 5.41) is 7.04. The lowest BCUT2D eigenvalue weighted by Gasteiger charge is -2.09. The van der Waals surface area contributed by atoms with E-state index < -0.39 is 0 Å². The first kappa shape index (κ1) is 12.3. The van der Waals surface area contributed by atoms with Gasteiger partial charge in [-0.25, -0.2) is 14.1 Å². The van der Waals surface area contributed by atoms with Crippen molar-refractivity contribution in [2.24, 2.45) is 0 Å². The van der Waals surface area contributed by atoms with Crippen LogP contribution in [0.5, 0.6) is 5.75 Å². The van der Waals surface area contributed by atoms with Crippen molar-refractivity contribution in [2.75, 3.05) is 12.4 Å². The molecule has 0 radical (unpaired) electrons. The zero-order chi connectivity index (χ0) is 13.0. The molecule has 0 unspecified atom stereocenters. The van der Waals surface area contributed by atoms with Crippen LogP contribution in [0.2, 0.25) is 0 Å². The Morgan fingerprint density at radius 3 is 3.00 bits per heavy atom. The van der Waals surface area contributed by atoms with Crippen LogP contribution in [0.25, 0.3) is 0 Å². The van der Waals surface area contributed by atoms with Crippen LogP contribution >= 0.6 is 0 Å². The Balaban J connectivity index is 2.10. The van der Waals surface area contributed by atoms with Crippen LogP contribution in [0, 0.1) is 5.82 Å². The highest BCUT2D eigenvalue weighted by Gasteiger charge is 2.06. The van der Waals surface area contributed by atoms with Gasteiger partial charge in [0, 0.05) is 12.6 Å². The van der Waals surface area contributed by atoms with Crippen LogP contribution < -0.4 is 10.1 Å². The van der Waals surface area contributed by atoms with Crippen LogP contribution in [0.3, 0.4) is 0 Å². The van der Waals surface area contributed by atoms with E-state index in [-0.39, 0.29) is 5.82 Å². The van der Waals surface area contributed by atoms with Crippen LogP contribution in [-0.4, -0.2) is 21.9 Å². The summed E-state index contributed by atoms with van der Waals surface area (Å²) in [5.41, 5.74) is 0.389. The van der Waals surface area contributed by atoms with E-state index in [4.69, 9.17) is 4.74 Å². The topological polar surface area (TPSA) is 52.0 Å². The molecule has 0 saturated heterocycles. The minimum absolute atomic E-state index is 0.321. The van der Waals surface area contributed by atoms with Crippen LogP contribution in [0.15, 0.2) is 24.5 Å². The number of halogens is 1. The maximum atomic E-state index is 13.6. The molecule has 1 aromatic carbocycles. The van der Waals surface area contributed by atoms with E-state index in [2.05, 4.69) is 15.4 Å². The van der Waals surface area contributed by atoms with E-state index in [0.717, 1.165) is 12.4 Å². The number of methoxy groups -OCH3 is 1. The molecule has 96 valence electrons. The monoisotopic (exact) mass is 250 g/mol. The molecular formula is C12H15FN4O. The standard InChI is InChI=1S/C12H15FN4O/c1-3-17-12(15-8-16-17)7-14-11-6-9(18-2)4-5-10(11)13/h4-6,8,14H,3,7H2,1-2H3. The fourth-order valence-electron chi connectivity index (χ4n) is 1.63. The second-order valence-electron chi connectivity index (χ2n) is 3.69. The van der Waals surface area contributed by atoms with Crippen LogP contribution in [-0.2, 0) is 13.1 Å². The van der Waals surface area contributed by atoms with Gasteiger partial charge in [0.1, 0.15) is 23.7 Å². The Morgan fingerprint density at radius 1 is 1.44 bits per heavy atom. The summed E-state index contributed by atoms with van der Waals surface area (Å²) >= 11 is 0. The third kappa shape index (κ3) is 2.58. The number of nitrogens with zero attached hydrogens (tertiary/aromatic N) is 3. The predicted molar refractivity (Wildman–Crippen MR) is 66.0 cm³/mol. The Hall–Kier alpha value is -2.11. The van der Waals surface area contributed by atoms with Gasteiger partial charge in [-0.3, -0.25) is 0 Å². The fourth-order valence-corrected chi connectivity index (χ4v) is 1.63. The molecule has 0 aliphatic carbocycles. The second kappa shape index (κ2) is 5.48. The molecule has 0 spiro atoms. The molecule has 0 bridgehead atoms. The van der Waals surface area contributed by atoms with Crippen molar-refractivity contribution >= 4 is 5.69 Å². The fraction of sp³-hybridized carbons (Fsp3) is 0.333. The first-order chi connectivity index (χ1) is 8.74. The summed E-state index contributed by atoms with van der Waals surface area (Å²) in [5.74, 6) is 1.05. The summed E-state index contributed by atoms with van der Waals surface area (Å²) < 4.78 is 20.4. The highest BCUT2D eigenvalue weighted by atomic mass is 19.1. The van der Waals surface area contributed by atoms with Gasteiger partial charge in [0.15, 0.2) is 0 Å². The normalized spacial score (nSPS) is 10.4. The molecule has 18 heavy (non-hydrogen) atoms. The highest BCUT2D eigenvalue weighted by molar-refractivity contribution is 5.49. The molecule has 0 atom stereocenters. The van der Waals surface area contributed by atoms with Gasteiger partial charge in [0.25, 0.3) is 0 Å². The maximum absolute atomic E-state index is 13.6. The van der Waals surface area contributed by atoms with Gasteiger partial charge in [0.05, 0.1) is 19.3 Å². The van der Waals surface area contributed by atoms with Crippen molar-refractivity contribution in [1.82, 2.24) is 14.8 Å². The number of hydrogen-bond donors (Lipinski definition) is 1. The summed E-state index contributed by atoms with van der Waals surface area (Å²) in [6, 6.07) is 4.56. The van der Waals surface area contributed by atoms with Crippen molar-refractivity contribution in [2.45, 2.75) is 20.0 Å². The lowest BCUT2D eigenvalue weighted by atomic mass is 10.3. The van der Waals surface area contributed by atoms with Crippen molar-refractivity contribution in [3.05, 3.63) is 36.2 Å². The average Bonchev–Trinajstić information content (AvgIpc) is 2.85. The van der Waals surface area contributed by atoms with Crippen LogP contribution in [0.1, 0.15) is 12.7 Å². The highest BCUT2D eigenvalue weighted by Crippen LogP contribution is 2.21. The number of hydrogen-bond acceptors (Lipinski definition) is 4. The van der Waals surface area contributed by atoms with Gasteiger partial charge in [-0.1, -0.05) is 0 Å². The SMILES string of the molecule is CCn1ncnc1CNc1cc(OC)ccc1F. The third-order valence-electron chi connectivity index (χ3n) is 2.61. The van der Waals surface area contributed by atoms with Gasteiger partial charge < -0.3 is 10.1 Å². The molecule has 6 heteroatoms. The van der Waals surface area contributed by atoms with Gasteiger partial charge in [-0.15, -0.1) is 0 Å². The van der Waals surface area contributed by atoms with Crippen molar-refractivity contribution in [1.29, 1.82) is 0 Å². The van der Waals surface area contributed by atoms with Gasteiger partial charge in [-0.2, -0.15) is 5.10 Å². The van der Waals surface area contributed by atoms with E-state index in [1.54, 1.807) is 23.9 Å². The zero-order valence-electron chi connectivity index (χ0n) is 10.4. The third-order valence-corrected chi connectivity index (χ3v) is 2.61. The summed E-state index contributed by atoms with van der Waals surface area (Å²) in [6.07, 6.45) is 1.49. The molecule has 2 rings (SSSR count). The van der Waals surface area contributed by atoms with Gasteiger partial charge >= 0.3 is 0 Å². The van der Waals surface area contributed by atoms with Crippen molar-refractivity contribution < 1.29 is 9.13 Å². The van der Waals surface area contributed by atoms with E-state index >= 15 is 0 Å². The minimum atomic E-state index is -0.321. The molecule has 2 aromatic rings. The van der Waals surface area contributed by atoms with E-state index in [9.17, 15) is 4.39 Å². The molecule has 5 nitrogen and oxygen atoms in total. The maximum Gasteiger partial charge on any atom is 0.146 e. The molecule has 1 aromatic heterocycles.